The first-order valence-electron chi connectivity index (χ1n) is 10.9. The maximum atomic E-state index is 12.9. The lowest BCUT2D eigenvalue weighted by Gasteiger charge is -2.51. The predicted octanol–water partition coefficient (Wildman–Crippen LogP) is 4.67. The minimum Gasteiger partial charge on any atom is -0.339 e. The molecule has 1 amide bonds. The largest absolute Gasteiger partial charge is 0.339 e. The lowest BCUT2D eigenvalue weighted by molar-refractivity contribution is -0.194. The average Bonchev–Trinajstić information content (AvgIpc) is 2.70. The summed E-state index contributed by atoms with van der Waals surface area (Å²) in [5.41, 5.74) is -1.20. The van der Waals surface area contributed by atoms with Crippen molar-refractivity contribution in [2.45, 2.75) is 128 Å². The normalized spacial score (nSPS) is 34.0. The summed E-state index contributed by atoms with van der Waals surface area (Å²) < 4.78 is 6.59. The van der Waals surface area contributed by atoms with Crippen LogP contribution in [0.2, 0.25) is 0 Å². The molecule has 2 saturated heterocycles. The standard InChI is InChI=1S/C22H40N2O2/c1-6-7-8-9-10-11-12-17-13-22(14-17)23-18(25)21(26-22)15-19(2,3)24-20(4,5)16-21/h17,24H,6-16H2,1-5H3,(H,23,25). The van der Waals surface area contributed by atoms with E-state index in [-0.39, 0.29) is 22.7 Å². The Morgan fingerprint density at radius 2 is 1.54 bits per heavy atom. The first kappa shape index (κ1) is 20.1. The SMILES string of the molecule is CCCCCCCCC1CC2(C1)NC(=O)C1(CC(C)(C)NC(C)(C)C1)O2. The molecule has 3 aliphatic rings. The number of carbonyl (C=O) groups excluding carboxylic acids is 1. The molecule has 4 heteroatoms. The monoisotopic (exact) mass is 364 g/mol. The summed E-state index contributed by atoms with van der Waals surface area (Å²) in [7, 11) is 0. The Morgan fingerprint density at radius 3 is 2.15 bits per heavy atom. The van der Waals surface area contributed by atoms with Crippen molar-refractivity contribution >= 4 is 5.91 Å². The molecule has 1 aliphatic carbocycles. The van der Waals surface area contributed by atoms with Gasteiger partial charge in [-0.3, -0.25) is 4.79 Å². The Labute approximate surface area is 160 Å². The van der Waals surface area contributed by atoms with Gasteiger partial charge < -0.3 is 15.4 Å². The van der Waals surface area contributed by atoms with Crippen LogP contribution in [0.3, 0.4) is 0 Å². The van der Waals surface area contributed by atoms with Crippen LogP contribution in [0.25, 0.3) is 0 Å². The highest BCUT2D eigenvalue weighted by atomic mass is 16.6. The van der Waals surface area contributed by atoms with Crippen molar-refractivity contribution in [3.8, 4) is 0 Å². The second kappa shape index (κ2) is 7.09. The molecule has 4 nitrogen and oxygen atoms in total. The molecule has 0 unspecified atom stereocenters. The predicted molar refractivity (Wildman–Crippen MR) is 106 cm³/mol. The van der Waals surface area contributed by atoms with Gasteiger partial charge in [0.25, 0.3) is 5.91 Å². The molecule has 0 radical (unpaired) electrons. The van der Waals surface area contributed by atoms with E-state index >= 15 is 0 Å². The van der Waals surface area contributed by atoms with Crippen LogP contribution in [0.5, 0.6) is 0 Å². The van der Waals surface area contributed by atoms with Crippen LogP contribution in [0.15, 0.2) is 0 Å². The van der Waals surface area contributed by atoms with E-state index in [0.29, 0.717) is 0 Å². The number of piperidine rings is 1. The third-order valence-corrected chi connectivity index (χ3v) is 6.48. The lowest BCUT2D eigenvalue weighted by atomic mass is 9.72. The van der Waals surface area contributed by atoms with E-state index in [0.717, 1.165) is 31.6 Å². The van der Waals surface area contributed by atoms with E-state index in [1.807, 2.05) is 0 Å². The van der Waals surface area contributed by atoms with Gasteiger partial charge in [-0.05, 0) is 46.5 Å². The molecule has 3 rings (SSSR count). The molecule has 1 saturated carbocycles. The highest BCUT2D eigenvalue weighted by Gasteiger charge is 2.64. The molecule has 26 heavy (non-hydrogen) atoms. The minimum atomic E-state index is -0.649. The molecule has 150 valence electrons. The number of hydrogen-bond donors (Lipinski definition) is 2. The van der Waals surface area contributed by atoms with Gasteiger partial charge in [0.05, 0.1) is 0 Å². The number of amides is 1. The van der Waals surface area contributed by atoms with E-state index in [9.17, 15) is 4.79 Å². The Bertz CT molecular complexity index is 504. The van der Waals surface area contributed by atoms with Crippen LogP contribution >= 0.6 is 0 Å². The number of ether oxygens (including phenoxy) is 1. The minimum absolute atomic E-state index is 0.0910. The molecule has 0 aromatic heterocycles. The van der Waals surface area contributed by atoms with E-state index in [1.165, 1.54) is 44.9 Å². The fraction of sp³-hybridized carbons (Fsp3) is 0.955. The average molecular weight is 365 g/mol. The topological polar surface area (TPSA) is 50.4 Å². The molecule has 2 N–H and O–H groups in total. The van der Waals surface area contributed by atoms with Gasteiger partial charge in [-0.25, -0.2) is 0 Å². The quantitative estimate of drug-likeness (QED) is 0.646. The van der Waals surface area contributed by atoms with Crippen molar-refractivity contribution < 1.29 is 9.53 Å². The molecular weight excluding hydrogens is 324 g/mol. The van der Waals surface area contributed by atoms with Gasteiger partial charge in [0.1, 0.15) is 5.72 Å². The molecule has 3 fully saturated rings. The smallest absolute Gasteiger partial charge is 0.254 e. The summed E-state index contributed by atoms with van der Waals surface area (Å²) in [6.45, 7) is 11.0. The van der Waals surface area contributed by atoms with Crippen LogP contribution in [-0.2, 0) is 9.53 Å². The zero-order valence-electron chi connectivity index (χ0n) is 17.7. The Kier molecular flexibility index (Phi) is 5.49. The van der Waals surface area contributed by atoms with Crippen LogP contribution in [0, 0.1) is 5.92 Å². The summed E-state index contributed by atoms with van der Waals surface area (Å²) in [6, 6.07) is 0. The number of carbonyl (C=O) groups is 1. The molecule has 0 atom stereocenters. The maximum absolute atomic E-state index is 12.9. The Balaban J connectivity index is 1.50. The fourth-order valence-electron chi connectivity index (χ4n) is 5.97. The van der Waals surface area contributed by atoms with Gasteiger partial charge in [0.2, 0.25) is 0 Å². The van der Waals surface area contributed by atoms with Crippen molar-refractivity contribution in [1.82, 2.24) is 10.6 Å². The molecule has 2 aliphatic heterocycles. The zero-order valence-corrected chi connectivity index (χ0v) is 17.7. The number of rotatable bonds is 7. The molecule has 0 aromatic rings. The van der Waals surface area contributed by atoms with Crippen LogP contribution in [0.1, 0.15) is 105 Å². The maximum Gasteiger partial charge on any atom is 0.254 e. The molecular formula is C22H40N2O2. The molecule has 0 bridgehead atoms. The third kappa shape index (κ3) is 4.27. The van der Waals surface area contributed by atoms with Gasteiger partial charge in [0.15, 0.2) is 5.60 Å². The summed E-state index contributed by atoms with van der Waals surface area (Å²) in [5.74, 6) is 0.845. The van der Waals surface area contributed by atoms with Crippen LogP contribution in [0.4, 0.5) is 0 Å². The summed E-state index contributed by atoms with van der Waals surface area (Å²) in [5, 5.41) is 6.93. The number of hydrogen-bond acceptors (Lipinski definition) is 3. The summed E-state index contributed by atoms with van der Waals surface area (Å²) in [4.78, 5) is 12.9. The number of nitrogens with one attached hydrogen (secondary N) is 2. The van der Waals surface area contributed by atoms with E-state index in [4.69, 9.17) is 4.74 Å². The molecule has 2 spiro atoms. The van der Waals surface area contributed by atoms with Crippen LogP contribution in [-0.4, -0.2) is 28.3 Å². The lowest BCUT2D eigenvalue weighted by Crippen LogP contribution is -2.65. The van der Waals surface area contributed by atoms with Gasteiger partial charge in [-0.15, -0.1) is 0 Å². The van der Waals surface area contributed by atoms with Gasteiger partial charge in [-0.1, -0.05) is 51.9 Å². The van der Waals surface area contributed by atoms with Crippen molar-refractivity contribution in [2.75, 3.05) is 0 Å². The Morgan fingerprint density at radius 1 is 0.962 bits per heavy atom. The first-order chi connectivity index (χ1) is 12.1. The first-order valence-corrected chi connectivity index (χ1v) is 10.9. The van der Waals surface area contributed by atoms with Crippen molar-refractivity contribution in [3.63, 3.8) is 0 Å². The highest BCUT2D eigenvalue weighted by Crippen LogP contribution is 2.52. The van der Waals surface area contributed by atoms with Gasteiger partial charge in [0, 0.05) is 23.9 Å². The second-order valence-electron chi connectivity index (χ2n) is 10.6. The third-order valence-electron chi connectivity index (χ3n) is 6.48. The number of unbranched alkanes of at least 4 members (excludes halogenated alkanes) is 5. The van der Waals surface area contributed by atoms with Crippen molar-refractivity contribution in [3.05, 3.63) is 0 Å². The van der Waals surface area contributed by atoms with Crippen LogP contribution < -0.4 is 10.6 Å². The Hall–Kier alpha value is -0.610. The van der Waals surface area contributed by atoms with E-state index in [1.54, 1.807) is 0 Å². The van der Waals surface area contributed by atoms with E-state index in [2.05, 4.69) is 45.3 Å². The van der Waals surface area contributed by atoms with Gasteiger partial charge >= 0.3 is 0 Å². The van der Waals surface area contributed by atoms with Crippen molar-refractivity contribution in [1.29, 1.82) is 0 Å². The molecule has 0 aromatic carbocycles. The summed E-state index contributed by atoms with van der Waals surface area (Å²) >= 11 is 0. The fourth-order valence-corrected chi connectivity index (χ4v) is 5.97. The second-order valence-corrected chi connectivity index (χ2v) is 10.6. The van der Waals surface area contributed by atoms with Crippen molar-refractivity contribution in [2.24, 2.45) is 5.92 Å². The zero-order chi connectivity index (χ0) is 19.1. The summed E-state index contributed by atoms with van der Waals surface area (Å²) in [6.07, 6.45) is 12.9. The molecule has 2 heterocycles. The van der Waals surface area contributed by atoms with Gasteiger partial charge in [-0.2, -0.15) is 0 Å². The van der Waals surface area contributed by atoms with E-state index < -0.39 is 5.60 Å². The highest BCUT2D eigenvalue weighted by molar-refractivity contribution is 5.88.